The van der Waals surface area contributed by atoms with Crippen molar-refractivity contribution in [3.05, 3.63) is 36.4 Å². The second-order valence-corrected chi connectivity index (χ2v) is 4.28. The Morgan fingerprint density at radius 1 is 1.47 bits per heavy atom. The highest BCUT2D eigenvalue weighted by atomic mass is 16.5. The molecule has 0 radical (unpaired) electrons. The van der Waals surface area contributed by atoms with Gasteiger partial charge in [0.05, 0.1) is 12.2 Å². The highest BCUT2D eigenvalue weighted by molar-refractivity contribution is 5.61. The van der Waals surface area contributed by atoms with Crippen LogP contribution < -0.4 is 15.4 Å². The van der Waals surface area contributed by atoms with Gasteiger partial charge in [-0.05, 0) is 37.1 Å². The number of hydrogen-bond donors (Lipinski definition) is 1. The minimum Gasteiger partial charge on any atom is -0.490 e. The van der Waals surface area contributed by atoms with E-state index in [9.17, 15) is 0 Å². The summed E-state index contributed by atoms with van der Waals surface area (Å²) in [5.74, 6) is 0.981. The van der Waals surface area contributed by atoms with Crippen LogP contribution in [0.5, 0.6) is 5.75 Å². The largest absolute Gasteiger partial charge is 0.490 e. The van der Waals surface area contributed by atoms with Crippen molar-refractivity contribution in [3.63, 3.8) is 0 Å². The first kappa shape index (κ1) is 12.0. The molecule has 1 aromatic carbocycles. The fourth-order valence-corrected chi connectivity index (χ4v) is 2.13. The fourth-order valence-electron chi connectivity index (χ4n) is 2.13. The molecule has 0 atom stereocenters. The summed E-state index contributed by atoms with van der Waals surface area (Å²) in [5, 5.41) is 0. The molecule has 0 saturated carbocycles. The number of aryl methyl sites for hydroxylation is 1. The van der Waals surface area contributed by atoms with Crippen LogP contribution in [0.2, 0.25) is 0 Å². The Labute approximate surface area is 103 Å². The van der Waals surface area contributed by atoms with Crippen LogP contribution in [-0.2, 0) is 6.42 Å². The molecular weight excluding hydrogens is 212 g/mol. The van der Waals surface area contributed by atoms with E-state index in [1.54, 1.807) is 0 Å². The molecule has 1 heterocycles. The van der Waals surface area contributed by atoms with E-state index in [1.807, 2.05) is 6.08 Å². The first-order chi connectivity index (χ1) is 8.35. The zero-order chi connectivity index (χ0) is 12.1. The van der Waals surface area contributed by atoms with Crippen molar-refractivity contribution < 1.29 is 4.74 Å². The third kappa shape index (κ3) is 2.80. The number of hydrogen-bond acceptors (Lipinski definition) is 3. The molecule has 3 heteroatoms. The molecule has 1 aliphatic rings. The number of nitrogens with zero attached hydrogens (tertiary/aromatic N) is 1. The van der Waals surface area contributed by atoms with Crippen molar-refractivity contribution in [3.8, 4) is 5.75 Å². The van der Waals surface area contributed by atoms with E-state index in [-0.39, 0.29) is 0 Å². The molecule has 2 N–H and O–H groups in total. The second kappa shape index (κ2) is 5.73. The molecule has 0 saturated heterocycles. The van der Waals surface area contributed by atoms with Crippen LogP contribution in [0.25, 0.3) is 0 Å². The molecule has 2 rings (SSSR count). The average molecular weight is 232 g/mol. The van der Waals surface area contributed by atoms with Crippen LogP contribution in [0.15, 0.2) is 30.9 Å². The normalized spacial score (nSPS) is 14.1. The maximum Gasteiger partial charge on any atom is 0.142 e. The predicted molar refractivity (Wildman–Crippen MR) is 71.7 cm³/mol. The minimum absolute atomic E-state index is 0.740. The van der Waals surface area contributed by atoms with Crippen LogP contribution in [-0.4, -0.2) is 26.2 Å². The van der Waals surface area contributed by atoms with Gasteiger partial charge in [-0.15, -0.1) is 6.58 Å². The number of ether oxygens (including phenoxy) is 1. The second-order valence-electron chi connectivity index (χ2n) is 4.28. The number of nitrogens with two attached hydrogens (primary N) is 1. The summed E-state index contributed by atoms with van der Waals surface area (Å²) in [7, 11) is 0. The highest BCUT2D eigenvalue weighted by Gasteiger charge is 2.16. The fraction of sp³-hybridized carbons (Fsp3) is 0.429. The lowest BCUT2D eigenvalue weighted by Crippen LogP contribution is -2.32. The van der Waals surface area contributed by atoms with E-state index in [4.69, 9.17) is 10.5 Å². The Morgan fingerprint density at radius 3 is 3.12 bits per heavy atom. The van der Waals surface area contributed by atoms with Gasteiger partial charge >= 0.3 is 0 Å². The van der Waals surface area contributed by atoms with Crippen molar-refractivity contribution >= 4 is 5.69 Å². The lowest BCUT2D eigenvalue weighted by molar-refractivity contribution is 0.309. The van der Waals surface area contributed by atoms with Crippen LogP contribution in [0.3, 0.4) is 0 Å². The zero-order valence-corrected chi connectivity index (χ0v) is 10.2. The van der Waals surface area contributed by atoms with Crippen molar-refractivity contribution in [2.45, 2.75) is 12.8 Å². The summed E-state index contributed by atoms with van der Waals surface area (Å²) in [6, 6.07) is 6.41. The monoisotopic (exact) mass is 232 g/mol. The summed E-state index contributed by atoms with van der Waals surface area (Å²) in [5.41, 5.74) is 8.05. The number of benzene rings is 1. The van der Waals surface area contributed by atoms with Gasteiger partial charge in [0.15, 0.2) is 0 Å². The van der Waals surface area contributed by atoms with E-state index in [2.05, 4.69) is 29.7 Å². The molecule has 1 aliphatic heterocycles. The lowest BCUT2D eigenvalue weighted by Gasteiger charge is -2.30. The van der Waals surface area contributed by atoms with Gasteiger partial charge in [-0.2, -0.15) is 0 Å². The Bertz CT molecular complexity index is 390. The molecule has 0 fully saturated rings. The van der Waals surface area contributed by atoms with E-state index in [0.717, 1.165) is 44.8 Å². The molecule has 0 bridgehead atoms. The maximum atomic E-state index is 5.66. The Hall–Kier alpha value is -1.48. The van der Waals surface area contributed by atoms with Gasteiger partial charge in [0.25, 0.3) is 0 Å². The molecule has 92 valence electrons. The lowest BCUT2D eigenvalue weighted by atomic mass is 10.1. The maximum absolute atomic E-state index is 5.66. The van der Waals surface area contributed by atoms with Crippen LogP contribution in [0, 0.1) is 0 Å². The number of rotatable bonds is 5. The Balaban J connectivity index is 2.20. The molecule has 3 nitrogen and oxygen atoms in total. The van der Waals surface area contributed by atoms with Crippen molar-refractivity contribution in [1.29, 1.82) is 0 Å². The Kier molecular flexibility index (Phi) is 4.04. The van der Waals surface area contributed by atoms with E-state index in [0.29, 0.717) is 0 Å². The third-order valence-electron chi connectivity index (χ3n) is 3.00. The van der Waals surface area contributed by atoms with Crippen LogP contribution in [0.4, 0.5) is 5.69 Å². The van der Waals surface area contributed by atoms with Crippen LogP contribution in [0.1, 0.15) is 12.0 Å². The van der Waals surface area contributed by atoms with Crippen LogP contribution >= 0.6 is 0 Å². The molecule has 0 aliphatic carbocycles. The molecule has 0 unspecified atom stereocenters. The van der Waals surface area contributed by atoms with Gasteiger partial charge in [0, 0.05) is 6.54 Å². The average Bonchev–Trinajstić information content (AvgIpc) is 2.37. The quantitative estimate of drug-likeness (QED) is 0.789. The summed E-state index contributed by atoms with van der Waals surface area (Å²) >= 11 is 0. The summed E-state index contributed by atoms with van der Waals surface area (Å²) < 4.78 is 5.66. The highest BCUT2D eigenvalue weighted by Crippen LogP contribution is 2.32. The van der Waals surface area contributed by atoms with Crippen molar-refractivity contribution in [2.24, 2.45) is 5.73 Å². The van der Waals surface area contributed by atoms with Gasteiger partial charge in [-0.25, -0.2) is 0 Å². The van der Waals surface area contributed by atoms with E-state index >= 15 is 0 Å². The van der Waals surface area contributed by atoms with Crippen molar-refractivity contribution in [1.82, 2.24) is 0 Å². The van der Waals surface area contributed by atoms with Gasteiger partial charge in [-0.1, -0.05) is 12.1 Å². The van der Waals surface area contributed by atoms with Gasteiger partial charge < -0.3 is 15.4 Å². The van der Waals surface area contributed by atoms with Crippen molar-refractivity contribution in [2.75, 3.05) is 31.1 Å². The summed E-state index contributed by atoms with van der Waals surface area (Å²) in [4.78, 5) is 2.30. The van der Waals surface area contributed by atoms with E-state index in [1.165, 1.54) is 11.3 Å². The smallest absolute Gasteiger partial charge is 0.142 e. The van der Waals surface area contributed by atoms with E-state index < -0.39 is 0 Å². The van der Waals surface area contributed by atoms with Gasteiger partial charge in [0.2, 0.25) is 0 Å². The molecule has 17 heavy (non-hydrogen) atoms. The molecule has 0 amide bonds. The third-order valence-corrected chi connectivity index (χ3v) is 3.00. The summed E-state index contributed by atoms with van der Waals surface area (Å²) in [6.07, 6.45) is 3.99. The first-order valence-corrected chi connectivity index (χ1v) is 6.17. The van der Waals surface area contributed by atoms with Gasteiger partial charge in [-0.3, -0.25) is 0 Å². The summed E-state index contributed by atoms with van der Waals surface area (Å²) in [6.45, 7) is 7.10. The Morgan fingerprint density at radius 2 is 2.35 bits per heavy atom. The van der Waals surface area contributed by atoms with Gasteiger partial charge in [0.1, 0.15) is 12.4 Å². The minimum atomic E-state index is 0.740. The predicted octanol–water partition coefficient (Wildman–Crippen LogP) is 1.96. The zero-order valence-electron chi connectivity index (χ0n) is 10.2. The standard InChI is InChI=1S/C14H20N2O/c1-2-8-16-9-10-17-14-6-5-12(4-3-7-15)11-13(14)16/h2,5-6,11H,1,3-4,7-10,15H2. The molecule has 1 aromatic rings. The number of anilines is 1. The topological polar surface area (TPSA) is 38.5 Å². The molecule has 0 aromatic heterocycles. The molecular formula is C14H20N2O. The molecule has 0 spiro atoms. The SMILES string of the molecule is C=CCN1CCOc2ccc(CCCN)cc21. The number of fused-ring (bicyclic) bond motifs is 1. The first-order valence-electron chi connectivity index (χ1n) is 6.17.